The van der Waals surface area contributed by atoms with Crippen LogP contribution in [0.5, 0.6) is 5.75 Å². The van der Waals surface area contributed by atoms with Gasteiger partial charge in [0.05, 0.1) is 18.1 Å². The Morgan fingerprint density at radius 1 is 1.19 bits per heavy atom. The molecule has 0 unspecified atom stereocenters. The Morgan fingerprint density at radius 2 is 1.94 bits per heavy atom. The lowest BCUT2D eigenvalue weighted by molar-refractivity contribution is -0.127. The van der Waals surface area contributed by atoms with E-state index in [1.165, 1.54) is 0 Å². The number of nitrogens with zero attached hydrogens (tertiary/aromatic N) is 3. The monoisotopic (exact) mass is 446 g/mol. The van der Waals surface area contributed by atoms with Crippen LogP contribution in [-0.2, 0) is 16.1 Å². The number of benzene rings is 2. The number of amides is 3. The van der Waals surface area contributed by atoms with Crippen LogP contribution in [-0.4, -0.2) is 40.2 Å². The number of imide groups is 1. The number of thioether (sulfide) groups is 1. The molecule has 1 N–H and O–H groups in total. The number of rotatable bonds is 6. The van der Waals surface area contributed by atoms with Gasteiger partial charge in [-0.1, -0.05) is 18.2 Å². The Balaban J connectivity index is 1.51. The molecule has 1 aliphatic rings. The molecule has 0 saturated carbocycles. The van der Waals surface area contributed by atoms with Gasteiger partial charge in [0, 0.05) is 28.4 Å². The second kappa shape index (κ2) is 8.99. The average molecular weight is 446 g/mol. The topological polar surface area (TPSA) is 104 Å². The van der Waals surface area contributed by atoms with E-state index in [2.05, 4.69) is 11.4 Å². The minimum absolute atomic E-state index is 0.168. The zero-order chi connectivity index (χ0) is 22.7. The average Bonchev–Trinajstić information content (AvgIpc) is 3.27. The number of aromatic nitrogens is 1. The summed E-state index contributed by atoms with van der Waals surface area (Å²) in [5.41, 5.74) is 2.12. The highest BCUT2D eigenvalue weighted by Crippen LogP contribution is 2.34. The predicted octanol–water partition coefficient (Wildman–Crippen LogP) is 3.85. The summed E-state index contributed by atoms with van der Waals surface area (Å²) >= 11 is 0.789. The minimum Gasteiger partial charge on any atom is -0.497 e. The van der Waals surface area contributed by atoms with Gasteiger partial charge in [-0.05, 0) is 48.2 Å². The largest absolute Gasteiger partial charge is 0.497 e. The van der Waals surface area contributed by atoms with Gasteiger partial charge in [0.1, 0.15) is 18.8 Å². The third kappa shape index (κ3) is 4.22. The van der Waals surface area contributed by atoms with Crippen LogP contribution in [0.4, 0.5) is 10.5 Å². The number of nitrogens with one attached hydrogen (secondary N) is 1. The first-order valence-electron chi connectivity index (χ1n) is 9.64. The van der Waals surface area contributed by atoms with E-state index in [-0.39, 0.29) is 18.0 Å². The number of fused-ring (bicyclic) bond motifs is 1. The highest BCUT2D eigenvalue weighted by molar-refractivity contribution is 8.18. The van der Waals surface area contributed by atoms with Crippen LogP contribution in [0.3, 0.4) is 0 Å². The molecule has 0 aliphatic carbocycles. The number of para-hydroxylation sites is 1. The highest BCUT2D eigenvalue weighted by atomic mass is 32.2. The standard InChI is InChI=1S/C23H18N4O4S/c1-31-17-8-6-16(7-9-17)25-21(28)14-27-22(29)20(32-23(27)30)12-15-13-26(11-10-24)19-5-3-2-4-18(15)19/h2-9,12-13H,11,14H2,1H3,(H,25,28)/b20-12+. The van der Waals surface area contributed by atoms with E-state index in [4.69, 9.17) is 10.00 Å². The van der Waals surface area contributed by atoms with Crippen LogP contribution in [0.2, 0.25) is 0 Å². The zero-order valence-electron chi connectivity index (χ0n) is 17.1. The van der Waals surface area contributed by atoms with Gasteiger partial charge < -0.3 is 14.6 Å². The van der Waals surface area contributed by atoms with Crippen molar-refractivity contribution in [3.05, 3.63) is 65.2 Å². The molecule has 0 bridgehead atoms. The van der Waals surface area contributed by atoms with E-state index in [1.807, 2.05) is 24.3 Å². The van der Waals surface area contributed by atoms with Crippen molar-refractivity contribution in [3.8, 4) is 11.8 Å². The van der Waals surface area contributed by atoms with Gasteiger partial charge in [-0.2, -0.15) is 5.26 Å². The molecule has 9 heteroatoms. The lowest BCUT2D eigenvalue weighted by atomic mass is 10.1. The summed E-state index contributed by atoms with van der Waals surface area (Å²) in [7, 11) is 1.54. The quantitative estimate of drug-likeness (QED) is 0.577. The number of anilines is 1. The molecule has 3 amide bonds. The first kappa shape index (κ1) is 21.2. The molecule has 1 fully saturated rings. The number of hydrogen-bond donors (Lipinski definition) is 1. The Labute approximate surface area is 188 Å². The van der Waals surface area contributed by atoms with Crippen molar-refractivity contribution in [2.75, 3.05) is 19.0 Å². The number of hydrogen-bond acceptors (Lipinski definition) is 6. The van der Waals surface area contributed by atoms with Crippen LogP contribution in [0, 0.1) is 11.3 Å². The molecule has 160 valence electrons. The highest BCUT2D eigenvalue weighted by Gasteiger charge is 2.36. The molecule has 0 spiro atoms. The van der Waals surface area contributed by atoms with Crippen molar-refractivity contribution in [2.24, 2.45) is 0 Å². The smallest absolute Gasteiger partial charge is 0.294 e. The van der Waals surface area contributed by atoms with E-state index in [0.717, 1.165) is 33.1 Å². The third-order valence-corrected chi connectivity index (χ3v) is 5.80. The molecular weight excluding hydrogens is 428 g/mol. The molecule has 32 heavy (non-hydrogen) atoms. The normalized spacial score (nSPS) is 14.8. The van der Waals surface area contributed by atoms with E-state index in [9.17, 15) is 14.4 Å². The summed E-state index contributed by atoms with van der Waals surface area (Å²) in [5, 5.41) is 12.1. The lowest BCUT2D eigenvalue weighted by Crippen LogP contribution is -2.36. The molecule has 2 aromatic carbocycles. The molecule has 0 radical (unpaired) electrons. The van der Waals surface area contributed by atoms with Crippen molar-refractivity contribution >= 4 is 51.5 Å². The molecule has 1 saturated heterocycles. The molecule has 1 aliphatic heterocycles. The first-order valence-corrected chi connectivity index (χ1v) is 10.5. The van der Waals surface area contributed by atoms with Gasteiger partial charge in [0.25, 0.3) is 11.1 Å². The maximum atomic E-state index is 12.8. The van der Waals surface area contributed by atoms with Crippen molar-refractivity contribution < 1.29 is 19.1 Å². The van der Waals surface area contributed by atoms with E-state index in [1.54, 1.807) is 48.2 Å². The van der Waals surface area contributed by atoms with E-state index in [0.29, 0.717) is 11.4 Å². The Morgan fingerprint density at radius 3 is 2.66 bits per heavy atom. The van der Waals surface area contributed by atoms with Gasteiger partial charge >= 0.3 is 0 Å². The van der Waals surface area contributed by atoms with Crippen molar-refractivity contribution in [2.45, 2.75) is 6.54 Å². The summed E-state index contributed by atoms with van der Waals surface area (Å²) in [6.07, 6.45) is 3.40. The summed E-state index contributed by atoms with van der Waals surface area (Å²) in [5.74, 6) is -0.360. The van der Waals surface area contributed by atoms with Gasteiger partial charge in [0.15, 0.2) is 0 Å². The third-order valence-electron chi connectivity index (χ3n) is 4.90. The maximum Gasteiger partial charge on any atom is 0.294 e. The summed E-state index contributed by atoms with van der Waals surface area (Å²) in [6, 6.07) is 16.4. The first-order chi connectivity index (χ1) is 15.5. The van der Waals surface area contributed by atoms with Crippen LogP contribution in [0.1, 0.15) is 5.56 Å². The minimum atomic E-state index is -0.526. The van der Waals surface area contributed by atoms with E-state index >= 15 is 0 Å². The molecule has 1 aromatic heterocycles. The van der Waals surface area contributed by atoms with Gasteiger partial charge in [0.2, 0.25) is 5.91 Å². The van der Waals surface area contributed by atoms with Crippen LogP contribution >= 0.6 is 11.8 Å². The molecular formula is C23H18N4O4S. The van der Waals surface area contributed by atoms with Crippen LogP contribution in [0.15, 0.2) is 59.6 Å². The van der Waals surface area contributed by atoms with Gasteiger partial charge in [-0.25, -0.2) is 0 Å². The van der Waals surface area contributed by atoms with Crippen molar-refractivity contribution in [1.82, 2.24) is 9.47 Å². The van der Waals surface area contributed by atoms with Gasteiger partial charge in [-0.15, -0.1) is 0 Å². The van der Waals surface area contributed by atoms with Gasteiger partial charge in [-0.3, -0.25) is 19.3 Å². The molecule has 8 nitrogen and oxygen atoms in total. The fourth-order valence-corrected chi connectivity index (χ4v) is 4.22. The summed E-state index contributed by atoms with van der Waals surface area (Å²) in [6.45, 7) is -0.217. The Kier molecular flexibility index (Phi) is 5.96. The summed E-state index contributed by atoms with van der Waals surface area (Å²) in [4.78, 5) is 38.8. The van der Waals surface area contributed by atoms with Crippen LogP contribution in [0.25, 0.3) is 17.0 Å². The molecule has 2 heterocycles. The van der Waals surface area contributed by atoms with Crippen molar-refractivity contribution in [3.63, 3.8) is 0 Å². The number of ether oxygens (including phenoxy) is 1. The lowest BCUT2D eigenvalue weighted by Gasteiger charge is -2.12. The zero-order valence-corrected chi connectivity index (χ0v) is 17.9. The fraction of sp³-hybridized carbons (Fsp3) is 0.130. The van der Waals surface area contributed by atoms with Crippen molar-refractivity contribution in [1.29, 1.82) is 5.26 Å². The van der Waals surface area contributed by atoms with Crippen LogP contribution < -0.4 is 10.1 Å². The molecule has 4 rings (SSSR count). The van der Waals surface area contributed by atoms with E-state index < -0.39 is 17.1 Å². The number of nitriles is 1. The number of methoxy groups -OCH3 is 1. The summed E-state index contributed by atoms with van der Waals surface area (Å²) < 4.78 is 6.86. The fourth-order valence-electron chi connectivity index (χ4n) is 3.39. The predicted molar refractivity (Wildman–Crippen MR) is 122 cm³/mol. The molecule has 3 aromatic rings. The Bertz CT molecular complexity index is 1290. The maximum absolute atomic E-state index is 12.8. The second-order valence-corrected chi connectivity index (χ2v) is 7.93. The number of carbonyl (C=O) groups is 3. The Hall–Kier alpha value is -4.03. The SMILES string of the molecule is COc1ccc(NC(=O)CN2C(=O)S/C(=C/c3cn(CC#N)c4ccccc34)C2=O)cc1. The molecule has 0 atom stereocenters. The second-order valence-electron chi connectivity index (χ2n) is 6.93. The number of carbonyl (C=O) groups excluding carboxylic acids is 3.